The van der Waals surface area contributed by atoms with E-state index in [0.29, 0.717) is 24.9 Å². The number of hydrogen-bond acceptors (Lipinski definition) is 2. The highest BCUT2D eigenvalue weighted by molar-refractivity contribution is 5.97. The number of aryl methyl sites for hydroxylation is 2. The number of rotatable bonds is 6. The van der Waals surface area contributed by atoms with E-state index in [1.807, 2.05) is 32.0 Å². The molecule has 1 rings (SSSR count). The van der Waals surface area contributed by atoms with Crippen molar-refractivity contribution in [3.63, 3.8) is 0 Å². The lowest BCUT2D eigenvalue weighted by Gasteiger charge is -2.11. The van der Waals surface area contributed by atoms with Crippen LogP contribution in [0.15, 0.2) is 18.2 Å². The van der Waals surface area contributed by atoms with Crippen molar-refractivity contribution in [3.8, 4) is 0 Å². The molecule has 4 heteroatoms. The molecule has 1 amide bonds. The van der Waals surface area contributed by atoms with Crippen LogP contribution in [-0.2, 0) is 4.79 Å². The molecule has 0 bridgehead atoms. The van der Waals surface area contributed by atoms with Crippen LogP contribution in [0.25, 0.3) is 0 Å². The number of nitrogens with one attached hydrogen (secondary N) is 1. The molecule has 0 saturated heterocycles. The lowest BCUT2D eigenvalue weighted by molar-refractivity contribution is -0.141. The van der Waals surface area contributed by atoms with Gasteiger partial charge in [-0.1, -0.05) is 25.1 Å². The Hall–Kier alpha value is -1.84. The van der Waals surface area contributed by atoms with E-state index in [-0.39, 0.29) is 11.8 Å². The molecule has 0 radical (unpaired) electrons. The van der Waals surface area contributed by atoms with Crippen LogP contribution in [-0.4, -0.2) is 23.5 Å². The molecule has 0 aliphatic carbocycles. The first kappa shape index (κ1) is 15.2. The number of carboxylic acids is 1. The van der Waals surface area contributed by atoms with Gasteiger partial charge in [-0.15, -0.1) is 0 Å². The van der Waals surface area contributed by atoms with Crippen molar-refractivity contribution >= 4 is 11.9 Å². The van der Waals surface area contributed by atoms with E-state index in [2.05, 4.69) is 5.32 Å². The van der Waals surface area contributed by atoms with Gasteiger partial charge in [0.25, 0.3) is 5.91 Å². The number of aliphatic carboxylic acids is 1. The zero-order valence-corrected chi connectivity index (χ0v) is 11.7. The van der Waals surface area contributed by atoms with Crippen LogP contribution < -0.4 is 5.32 Å². The van der Waals surface area contributed by atoms with Gasteiger partial charge in [0.1, 0.15) is 0 Å². The Bertz CT molecular complexity index is 448. The van der Waals surface area contributed by atoms with Crippen molar-refractivity contribution in [1.29, 1.82) is 0 Å². The van der Waals surface area contributed by atoms with E-state index in [0.717, 1.165) is 11.1 Å². The van der Waals surface area contributed by atoms with Crippen molar-refractivity contribution < 1.29 is 14.7 Å². The predicted octanol–water partition coefficient (Wildman–Crippen LogP) is 2.53. The summed E-state index contributed by atoms with van der Waals surface area (Å²) in [6.07, 6.45) is 1.24. The van der Waals surface area contributed by atoms with Crippen LogP contribution in [0, 0.1) is 19.8 Å². The van der Waals surface area contributed by atoms with Crippen molar-refractivity contribution in [1.82, 2.24) is 5.32 Å². The van der Waals surface area contributed by atoms with Crippen LogP contribution in [0.5, 0.6) is 0 Å². The van der Waals surface area contributed by atoms with Crippen LogP contribution in [0.2, 0.25) is 0 Å². The first-order valence-electron chi connectivity index (χ1n) is 6.50. The minimum atomic E-state index is -0.791. The van der Waals surface area contributed by atoms with Gasteiger partial charge in [-0.3, -0.25) is 9.59 Å². The molecular weight excluding hydrogens is 242 g/mol. The van der Waals surface area contributed by atoms with Crippen LogP contribution in [0.1, 0.15) is 41.3 Å². The van der Waals surface area contributed by atoms with Crippen molar-refractivity contribution in [2.24, 2.45) is 5.92 Å². The SMILES string of the molecule is Cc1cccc(C)c1C(=O)NCCCC(C)C(=O)O. The monoisotopic (exact) mass is 263 g/mol. The Morgan fingerprint density at radius 3 is 2.37 bits per heavy atom. The third kappa shape index (κ3) is 4.39. The normalized spacial score (nSPS) is 11.9. The molecule has 0 spiro atoms. The molecule has 1 atom stereocenters. The molecule has 0 heterocycles. The quantitative estimate of drug-likeness (QED) is 0.775. The summed E-state index contributed by atoms with van der Waals surface area (Å²) in [6, 6.07) is 5.75. The van der Waals surface area contributed by atoms with E-state index in [4.69, 9.17) is 5.11 Å². The molecule has 1 aromatic carbocycles. The molecule has 0 aliphatic heterocycles. The van der Waals surface area contributed by atoms with E-state index in [1.54, 1.807) is 6.92 Å². The number of amides is 1. The maximum atomic E-state index is 12.0. The lowest BCUT2D eigenvalue weighted by Crippen LogP contribution is -2.26. The fourth-order valence-electron chi connectivity index (χ4n) is 1.99. The minimum absolute atomic E-state index is 0.0846. The second kappa shape index (κ2) is 6.92. The van der Waals surface area contributed by atoms with Crippen LogP contribution in [0.3, 0.4) is 0 Å². The highest BCUT2D eigenvalue weighted by atomic mass is 16.4. The van der Waals surface area contributed by atoms with Crippen molar-refractivity contribution in [2.75, 3.05) is 6.54 Å². The first-order chi connectivity index (χ1) is 8.93. The van der Waals surface area contributed by atoms with E-state index in [1.165, 1.54) is 0 Å². The molecule has 0 saturated carbocycles. The molecule has 0 aliphatic rings. The Morgan fingerprint density at radius 1 is 1.26 bits per heavy atom. The summed E-state index contributed by atoms with van der Waals surface area (Å²) in [6.45, 7) is 6.00. The molecule has 19 heavy (non-hydrogen) atoms. The van der Waals surface area contributed by atoms with Gasteiger partial charge in [0.05, 0.1) is 5.92 Å². The van der Waals surface area contributed by atoms with E-state index >= 15 is 0 Å². The van der Waals surface area contributed by atoms with Gasteiger partial charge in [0.15, 0.2) is 0 Å². The number of hydrogen-bond donors (Lipinski definition) is 2. The third-order valence-electron chi connectivity index (χ3n) is 3.23. The van der Waals surface area contributed by atoms with E-state index < -0.39 is 5.97 Å². The fourth-order valence-corrected chi connectivity index (χ4v) is 1.99. The lowest BCUT2D eigenvalue weighted by atomic mass is 10.0. The second-order valence-corrected chi connectivity index (χ2v) is 4.90. The highest BCUT2D eigenvalue weighted by Crippen LogP contribution is 2.13. The molecule has 0 fully saturated rings. The Morgan fingerprint density at radius 2 is 1.84 bits per heavy atom. The second-order valence-electron chi connectivity index (χ2n) is 4.90. The summed E-state index contributed by atoms with van der Waals surface area (Å²) in [7, 11) is 0. The Kier molecular flexibility index (Phi) is 5.55. The zero-order chi connectivity index (χ0) is 14.4. The smallest absolute Gasteiger partial charge is 0.306 e. The predicted molar refractivity (Wildman–Crippen MR) is 74.3 cm³/mol. The van der Waals surface area contributed by atoms with Crippen LogP contribution in [0.4, 0.5) is 0 Å². The molecule has 104 valence electrons. The van der Waals surface area contributed by atoms with Gasteiger partial charge >= 0.3 is 5.97 Å². The summed E-state index contributed by atoms with van der Waals surface area (Å²) in [5.74, 6) is -1.24. The summed E-state index contributed by atoms with van der Waals surface area (Å²) >= 11 is 0. The maximum absolute atomic E-state index is 12.0. The average Bonchev–Trinajstić information content (AvgIpc) is 2.34. The zero-order valence-electron chi connectivity index (χ0n) is 11.7. The Labute approximate surface area is 113 Å². The fraction of sp³-hybridized carbons (Fsp3) is 0.467. The van der Waals surface area contributed by atoms with Gasteiger partial charge in [-0.25, -0.2) is 0 Å². The van der Waals surface area contributed by atoms with Gasteiger partial charge in [0, 0.05) is 12.1 Å². The molecular formula is C15H21NO3. The standard InChI is InChI=1S/C15H21NO3/c1-10-6-4-7-11(2)13(10)14(17)16-9-5-8-12(3)15(18)19/h4,6-7,12H,5,8-9H2,1-3H3,(H,16,17)(H,18,19). The summed E-state index contributed by atoms with van der Waals surface area (Å²) in [4.78, 5) is 22.7. The van der Waals surface area contributed by atoms with E-state index in [9.17, 15) is 9.59 Å². The molecule has 0 aromatic heterocycles. The molecule has 2 N–H and O–H groups in total. The van der Waals surface area contributed by atoms with Gasteiger partial charge in [0.2, 0.25) is 0 Å². The number of carboxylic acid groups (broad SMARTS) is 1. The highest BCUT2D eigenvalue weighted by Gasteiger charge is 2.12. The van der Waals surface area contributed by atoms with Crippen molar-refractivity contribution in [2.45, 2.75) is 33.6 Å². The number of carbonyl (C=O) groups excluding carboxylic acids is 1. The molecule has 1 unspecified atom stereocenters. The van der Waals surface area contributed by atoms with Crippen LogP contribution >= 0.6 is 0 Å². The molecule has 1 aromatic rings. The number of carbonyl (C=O) groups is 2. The molecule has 4 nitrogen and oxygen atoms in total. The number of benzene rings is 1. The topological polar surface area (TPSA) is 66.4 Å². The van der Waals surface area contributed by atoms with Gasteiger partial charge in [-0.2, -0.15) is 0 Å². The van der Waals surface area contributed by atoms with Gasteiger partial charge in [-0.05, 0) is 37.8 Å². The van der Waals surface area contributed by atoms with Crippen molar-refractivity contribution in [3.05, 3.63) is 34.9 Å². The summed E-state index contributed by atoms with van der Waals surface area (Å²) in [5.41, 5.74) is 2.63. The maximum Gasteiger partial charge on any atom is 0.306 e. The Balaban J connectivity index is 2.46. The summed E-state index contributed by atoms with van der Waals surface area (Å²) < 4.78 is 0. The minimum Gasteiger partial charge on any atom is -0.481 e. The first-order valence-corrected chi connectivity index (χ1v) is 6.50. The van der Waals surface area contributed by atoms with Gasteiger partial charge < -0.3 is 10.4 Å². The largest absolute Gasteiger partial charge is 0.481 e. The third-order valence-corrected chi connectivity index (χ3v) is 3.23. The summed E-state index contributed by atoms with van der Waals surface area (Å²) in [5, 5.41) is 11.6. The average molecular weight is 263 g/mol.